The van der Waals surface area contributed by atoms with Crippen molar-refractivity contribution in [3.05, 3.63) is 54.9 Å². The van der Waals surface area contributed by atoms with Gasteiger partial charge in [-0.15, -0.1) is 10.2 Å². The molecule has 0 fully saturated rings. The first-order valence-corrected chi connectivity index (χ1v) is 10.6. The van der Waals surface area contributed by atoms with Crippen molar-refractivity contribution in [2.24, 2.45) is 0 Å². The van der Waals surface area contributed by atoms with Crippen molar-refractivity contribution in [2.45, 2.75) is 6.92 Å². The summed E-state index contributed by atoms with van der Waals surface area (Å²) in [7, 11) is 4.76. The number of methoxy groups -OCH3 is 3. The molecule has 0 bridgehead atoms. The molecule has 0 amide bonds. The Labute approximate surface area is 190 Å². The average molecular weight is 444 g/mol. The van der Waals surface area contributed by atoms with Crippen LogP contribution in [0.5, 0.6) is 23.0 Å². The largest absolute Gasteiger partial charge is 0.493 e. The number of benzene rings is 2. The fraction of sp³-hybridized carbons (Fsp3) is 0.200. The number of pyridine rings is 1. The molecule has 5 aromatic rings. The predicted molar refractivity (Wildman–Crippen MR) is 127 cm³/mol. The van der Waals surface area contributed by atoms with Crippen LogP contribution in [0.25, 0.3) is 39.1 Å². The van der Waals surface area contributed by atoms with Gasteiger partial charge < -0.3 is 23.9 Å². The molecule has 0 aliphatic carbocycles. The Morgan fingerprint density at radius 1 is 0.818 bits per heavy atom. The number of hydrogen-bond acceptors (Lipinski definition) is 6. The molecule has 2 aromatic carbocycles. The highest BCUT2D eigenvalue weighted by atomic mass is 16.5. The molecule has 0 atom stereocenters. The van der Waals surface area contributed by atoms with Crippen LogP contribution < -0.4 is 18.9 Å². The fourth-order valence-corrected chi connectivity index (χ4v) is 4.02. The first-order valence-electron chi connectivity index (χ1n) is 10.6. The molecule has 0 unspecified atom stereocenters. The van der Waals surface area contributed by atoms with Gasteiger partial charge in [-0.3, -0.25) is 4.40 Å². The van der Waals surface area contributed by atoms with E-state index in [0.717, 1.165) is 27.6 Å². The predicted octanol–water partition coefficient (Wildman–Crippen LogP) is 4.97. The van der Waals surface area contributed by atoms with E-state index < -0.39 is 0 Å². The lowest BCUT2D eigenvalue weighted by molar-refractivity contribution is 0.324. The van der Waals surface area contributed by atoms with Gasteiger partial charge in [0.1, 0.15) is 0 Å². The van der Waals surface area contributed by atoms with Gasteiger partial charge in [-0.2, -0.15) is 0 Å². The number of fused-ring (bicyclic) bond motifs is 2. The minimum atomic E-state index is 0.516. The summed E-state index contributed by atoms with van der Waals surface area (Å²) >= 11 is 0. The molecule has 0 saturated carbocycles. The number of nitrogens with one attached hydrogen (secondary N) is 1. The first-order chi connectivity index (χ1) is 16.2. The molecule has 5 rings (SSSR count). The highest BCUT2D eigenvalue weighted by Gasteiger charge is 2.19. The van der Waals surface area contributed by atoms with E-state index in [4.69, 9.17) is 18.9 Å². The van der Waals surface area contributed by atoms with Crippen molar-refractivity contribution in [1.29, 1.82) is 0 Å². The second-order valence-corrected chi connectivity index (χ2v) is 7.44. The number of nitrogens with zero attached hydrogens (tertiary/aromatic N) is 3. The van der Waals surface area contributed by atoms with Gasteiger partial charge in [-0.25, -0.2) is 0 Å². The summed E-state index contributed by atoms with van der Waals surface area (Å²) in [5.41, 5.74) is 4.55. The van der Waals surface area contributed by atoms with Gasteiger partial charge in [0.25, 0.3) is 0 Å². The second kappa shape index (κ2) is 8.38. The molecule has 1 N–H and O–H groups in total. The molecule has 0 radical (unpaired) electrons. The summed E-state index contributed by atoms with van der Waals surface area (Å²) in [6.07, 6.45) is 3.95. The highest BCUT2D eigenvalue weighted by Crippen LogP contribution is 2.41. The number of H-pyrrole nitrogens is 1. The average Bonchev–Trinajstić information content (AvgIpc) is 3.49. The Balaban J connectivity index is 1.73. The van der Waals surface area contributed by atoms with Crippen LogP contribution in [-0.2, 0) is 0 Å². The molecule has 8 nitrogen and oxygen atoms in total. The fourth-order valence-electron chi connectivity index (χ4n) is 4.02. The second-order valence-electron chi connectivity index (χ2n) is 7.44. The lowest BCUT2D eigenvalue weighted by atomic mass is 10.1. The van der Waals surface area contributed by atoms with Gasteiger partial charge in [0, 0.05) is 29.0 Å². The van der Waals surface area contributed by atoms with E-state index in [-0.39, 0.29) is 0 Å². The maximum Gasteiger partial charge on any atom is 0.203 e. The van der Waals surface area contributed by atoms with Crippen LogP contribution in [0.2, 0.25) is 0 Å². The number of hydrogen-bond donors (Lipinski definition) is 1. The molecule has 168 valence electrons. The molecule has 3 aromatic heterocycles. The van der Waals surface area contributed by atoms with Crippen molar-refractivity contribution in [3.8, 4) is 45.5 Å². The Morgan fingerprint density at radius 2 is 1.58 bits per heavy atom. The third kappa shape index (κ3) is 3.49. The number of aromatic amines is 1. The number of aromatic nitrogens is 4. The van der Waals surface area contributed by atoms with E-state index in [1.165, 1.54) is 0 Å². The van der Waals surface area contributed by atoms with Gasteiger partial charge >= 0.3 is 0 Å². The minimum absolute atomic E-state index is 0.516. The lowest BCUT2D eigenvalue weighted by Crippen LogP contribution is -1.99. The summed E-state index contributed by atoms with van der Waals surface area (Å²) in [5, 5.41) is 10.0. The van der Waals surface area contributed by atoms with Crippen LogP contribution in [0, 0.1) is 0 Å². The molecular formula is C25H24N4O4. The molecular weight excluding hydrogens is 420 g/mol. The zero-order chi connectivity index (χ0) is 22.9. The van der Waals surface area contributed by atoms with Gasteiger partial charge in [0.15, 0.2) is 23.1 Å². The van der Waals surface area contributed by atoms with Crippen LogP contribution in [0.15, 0.2) is 54.9 Å². The molecule has 8 heteroatoms. The topological polar surface area (TPSA) is 82.9 Å². The van der Waals surface area contributed by atoms with E-state index in [1.54, 1.807) is 21.3 Å². The van der Waals surface area contributed by atoms with E-state index >= 15 is 0 Å². The van der Waals surface area contributed by atoms with E-state index in [0.29, 0.717) is 41.1 Å². The molecule has 3 heterocycles. The maximum absolute atomic E-state index is 5.93. The molecule has 0 spiro atoms. The first kappa shape index (κ1) is 20.7. The van der Waals surface area contributed by atoms with Gasteiger partial charge in [0.2, 0.25) is 11.4 Å². The molecule has 0 saturated heterocycles. The van der Waals surface area contributed by atoms with E-state index in [1.807, 2.05) is 41.9 Å². The van der Waals surface area contributed by atoms with E-state index in [9.17, 15) is 0 Å². The van der Waals surface area contributed by atoms with Crippen molar-refractivity contribution < 1.29 is 18.9 Å². The van der Waals surface area contributed by atoms with Crippen LogP contribution in [0.1, 0.15) is 6.92 Å². The Morgan fingerprint density at radius 3 is 2.27 bits per heavy atom. The standard InChI is InChI=1S/C25H24N4O4/c1-5-33-22-13-18(15-6-7-19-16(10-15)8-9-26-19)14-29-24(27-28-25(22)29)17-11-20(30-2)23(32-4)21(12-17)31-3/h6-14,26H,5H2,1-4H3. The summed E-state index contributed by atoms with van der Waals surface area (Å²) in [5.74, 6) is 2.91. The van der Waals surface area contributed by atoms with Crippen molar-refractivity contribution >= 4 is 16.6 Å². The highest BCUT2D eigenvalue weighted by molar-refractivity contribution is 5.85. The zero-order valence-corrected chi connectivity index (χ0v) is 18.9. The lowest BCUT2D eigenvalue weighted by Gasteiger charge is -2.14. The zero-order valence-electron chi connectivity index (χ0n) is 18.9. The molecule has 33 heavy (non-hydrogen) atoms. The Kier molecular flexibility index (Phi) is 5.26. The quantitative estimate of drug-likeness (QED) is 0.382. The third-order valence-electron chi connectivity index (χ3n) is 5.58. The molecule has 0 aliphatic heterocycles. The van der Waals surface area contributed by atoms with E-state index in [2.05, 4.69) is 39.4 Å². The van der Waals surface area contributed by atoms with Gasteiger partial charge in [-0.1, -0.05) is 6.07 Å². The van der Waals surface area contributed by atoms with Gasteiger partial charge in [-0.05, 0) is 54.3 Å². The Hall–Kier alpha value is -4.20. The Bertz CT molecular complexity index is 1430. The minimum Gasteiger partial charge on any atom is -0.493 e. The van der Waals surface area contributed by atoms with Crippen molar-refractivity contribution in [2.75, 3.05) is 27.9 Å². The number of ether oxygens (including phenoxy) is 4. The van der Waals surface area contributed by atoms with Crippen molar-refractivity contribution in [1.82, 2.24) is 19.6 Å². The SMILES string of the molecule is CCOc1cc(-c2ccc3[nH]ccc3c2)cn2c(-c3cc(OC)c(OC)c(OC)c3)nnc12. The summed E-state index contributed by atoms with van der Waals surface area (Å²) in [6, 6.07) is 14.1. The number of rotatable bonds is 7. The normalized spacial score (nSPS) is 11.2. The third-order valence-corrected chi connectivity index (χ3v) is 5.58. The summed E-state index contributed by atoms with van der Waals surface area (Å²) in [6.45, 7) is 2.47. The molecule has 0 aliphatic rings. The maximum atomic E-state index is 5.93. The van der Waals surface area contributed by atoms with Crippen LogP contribution in [0.4, 0.5) is 0 Å². The monoisotopic (exact) mass is 444 g/mol. The summed E-state index contributed by atoms with van der Waals surface area (Å²) < 4.78 is 24.4. The smallest absolute Gasteiger partial charge is 0.203 e. The summed E-state index contributed by atoms with van der Waals surface area (Å²) in [4.78, 5) is 3.23. The van der Waals surface area contributed by atoms with Crippen LogP contribution in [0.3, 0.4) is 0 Å². The van der Waals surface area contributed by atoms with Gasteiger partial charge in [0.05, 0.1) is 27.9 Å². The van der Waals surface area contributed by atoms with Crippen molar-refractivity contribution in [3.63, 3.8) is 0 Å². The van der Waals surface area contributed by atoms with Crippen LogP contribution in [-0.4, -0.2) is 47.5 Å². The van der Waals surface area contributed by atoms with Crippen LogP contribution >= 0.6 is 0 Å².